The number of aliphatic carboxylic acids is 1. The van der Waals surface area contributed by atoms with Gasteiger partial charge in [0, 0.05) is 5.56 Å². The lowest BCUT2D eigenvalue weighted by molar-refractivity contribution is -0.131. The largest absolute Gasteiger partial charge is 0.497 e. The highest BCUT2D eigenvalue weighted by Crippen LogP contribution is 2.13. The van der Waals surface area contributed by atoms with E-state index in [-0.39, 0.29) is 5.03 Å². The van der Waals surface area contributed by atoms with Gasteiger partial charge in [-0.3, -0.25) is 4.79 Å². The van der Waals surface area contributed by atoms with Crippen molar-refractivity contribution in [2.45, 2.75) is 0 Å². The number of hydrogen-bond acceptors (Lipinski definition) is 4. The number of hydrogen-bond donors (Lipinski definition) is 2. The zero-order valence-corrected chi connectivity index (χ0v) is 11.8. The smallest absolute Gasteiger partial charge is 0.348 e. The molecule has 0 aliphatic heterocycles. The Labute approximate surface area is 124 Å². The summed E-state index contributed by atoms with van der Waals surface area (Å²) in [4.78, 5) is 22.2. The van der Waals surface area contributed by atoms with E-state index in [0.29, 0.717) is 11.3 Å². The van der Waals surface area contributed by atoms with Crippen molar-refractivity contribution in [3.63, 3.8) is 0 Å². The lowest BCUT2D eigenvalue weighted by Gasteiger charge is -2.02. The molecule has 1 aromatic rings. The molecule has 0 saturated heterocycles. The van der Waals surface area contributed by atoms with E-state index in [0.717, 1.165) is 6.21 Å². The molecule has 0 heterocycles. The van der Waals surface area contributed by atoms with Gasteiger partial charge in [0.2, 0.25) is 0 Å². The van der Waals surface area contributed by atoms with Crippen molar-refractivity contribution in [3.05, 3.63) is 39.9 Å². The molecule has 1 amide bonds. The average Bonchev–Trinajstić information content (AvgIpc) is 2.45. The molecule has 20 heavy (non-hydrogen) atoms. The second-order valence-corrected chi connectivity index (χ2v) is 4.18. The Morgan fingerprint density at radius 1 is 1.40 bits per heavy atom. The van der Waals surface area contributed by atoms with Crippen LogP contribution in [0.1, 0.15) is 10.4 Å². The van der Waals surface area contributed by atoms with Gasteiger partial charge in [-0.25, -0.2) is 10.2 Å². The molecule has 0 bridgehead atoms. The number of nitrogens with one attached hydrogen (secondary N) is 1. The maximum atomic E-state index is 11.7. The molecular formula is C12H10Cl2N2O4. The van der Waals surface area contributed by atoms with Crippen LogP contribution in [-0.2, 0) is 4.79 Å². The van der Waals surface area contributed by atoms with Crippen LogP contribution in [0.4, 0.5) is 0 Å². The van der Waals surface area contributed by atoms with Gasteiger partial charge in [0.05, 0.1) is 18.4 Å². The summed E-state index contributed by atoms with van der Waals surface area (Å²) >= 11 is 10.9. The monoisotopic (exact) mass is 316 g/mol. The van der Waals surface area contributed by atoms with Crippen molar-refractivity contribution >= 4 is 41.3 Å². The van der Waals surface area contributed by atoms with Gasteiger partial charge >= 0.3 is 5.97 Å². The van der Waals surface area contributed by atoms with E-state index in [1.807, 2.05) is 0 Å². The highest BCUT2D eigenvalue weighted by molar-refractivity contribution is 6.51. The molecule has 0 aliphatic rings. The molecule has 2 N–H and O–H groups in total. The summed E-state index contributed by atoms with van der Waals surface area (Å²) < 4.78 is 4.98. The first-order valence-corrected chi connectivity index (χ1v) is 5.97. The lowest BCUT2D eigenvalue weighted by Crippen LogP contribution is -2.17. The van der Waals surface area contributed by atoms with Crippen LogP contribution in [-0.4, -0.2) is 30.3 Å². The molecule has 0 radical (unpaired) electrons. The van der Waals surface area contributed by atoms with E-state index in [1.54, 1.807) is 18.2 Å². The molecule has 0 atom stereocenters. The molecule has 1 aromatic carbocycles. The van der Waals surface area contributed by atoms with Crippen molar-refractivity contribution in [2.75, 3.05) is 7.11 Å². The normalized spacial score (nSPS) is 11.9. The van der Waals surface area contributed by atoms with Gasteiger partial charge in [0.1, 0.15) is 10.8 Å². The molecule has 0 spiro atoms. The number of halogens is 2. The fourth-order valence-electron chi connectivity index (χ4n) is 1.14. The van der Waals surface area contributed by atoms with Gasteiger partial charge in [0.25, 0.3) is 5.91 Å². The molecule has 106 valence electrons. The fraction of sp³-hybridized carbons (Fsp3) is 0.0833. The van der Waals surface area contributed by atoms with Crippen LogP contribution < -0.4 is 10.2 Å². The van der Waals surface area contributed by atoms with Gasteiger partial charge in [-0.1, -0.05) is 29.3 Å². The molecular weight excluding hydrogens is 307 g/mol. The van der Waals surface area contributed by atoms with Crippen LogP contribution in [0.2, 0.25) is 0 Å². The Morgan fingerprint density at radius 2 is 2.10 bits per heavy atom. The predicted molar refractivity (Wildman–Crippen MR) is 75.3 cm³/mol. The first-order chi connectivity index (χ1) is 9.45. The van der Waals surface area contributed by atoms with E-state index in [1.165, 1.54) is 13.2 Å². The number of hydrazone groups is 1. The predicted octanol–water partition coefficient (Wildman–Crippen LogP) is 2.18. The summed E-state index contributed by atoms with van der Waals surface area (Å²) in [5.74, 6) is -1.37. The second kappa shape index (κ2) is 7.52. The standard InChI is InChI=1S/C12H10Cl2N2O4/c1-20-8-4-2-3-7(5-8)11(17)16-15-6-9(13)10(14)12(18)19/h2-6H,1H3,(H,16,17)(H,18,19)/b10-9+,15-6-. The van der Waals surface area contributed by atoms with Crippen LogP contribution in [0.3, 0.4) is 0 Å². The molecule has 8 heteroatoms. The van der Waals surface area contributed by atoms with Gasteiger partial charge in [-0.2, -0.15) is 5.10 Å². The third-order valence-corrected chi connectivity index (χ3v) is 2.82. The topological polar surface area (TPSA) is 88.0 Å². The Balaban J connectivity index is 2.72. The number of ether oxygens (including phenoxy) is 1. The van der Waals surface area contributed by atoms with Gasteiger partial charge in [0.15, 0.2) is 0 Å². The van der Waals surface area contributed by atoms with Crippen LogP contribution in [0.5, 0.6) is 5.75 Å². The molecule has 6 nitrogen and oxygen atoms in total. The minimum atomic E-state index is -1.39. The van der Waals surface area contributed by atoms with Crippen molar-refractivity contribution in [1.29, 1.82) is 0 Å². The quantitative estimate of drug-likeness (QED) is 0.495. The highest BCUT2D eigenvalue weighted by atomic mass is 35.5. The van der Waals surface area contributed by atoms with E-state index >= 15 is 0 Å². The molecule has 0 saturated carbocycles. The number of allylic oxidation sites excluding steroid dienone is 1. The number of carboxylic acids is 1. The number of rotatable bonds is 5. The molecule has 0 unspecified atom stereocenters. The number of methoxy groups -OCH3 is 1. The summed E-state index contributed by atoms with van der Waals surface area (Å²) in [6.07, 6.45) is 0.927. The number of nitrogens with zero attached hydrogens (tertiary/aromatic N) is 1. The third kappa shape index (κ3) is 4.56. The summed E-state index contributed by atoms with van der Waals surface area (Å²) in [6, 6.07) is 6.42. The maximum absolute atomic E-state index is 11.7. The van der Waals surface area contributed by atoms with Crippen molar-refractivity contribution in [3.8, 4) is 5.75 Å². The second-order valence-electron chi connectivity index (χ2n) is 3.40. The zero-order valence-electron chi connectivity index (χ0n) is 10.3. The first-order valence-electron chi connectivity index (χ1n) is 5.21. The minimum Gasteiger partial charge on any atom is -0.497 e. The third-order valence-electron chi connectivity index (χ3n) is 2.07. The zero-order chi connectivity index (χ0) is 15.1. The summed E-state index contributed by atoms with van der Waals surface area (Å²) in [6.45, 7) is 0. The van der Waals surface area contributed by atoms with E-state index in [2.05, 4.69) is 10.5 Å². The van der Waals surface area contributed by atoms with E-state index < -0.39 is 16.9 Å². The van der Waals surface area contributed by atoms with Crippen molar-refractivity contribution in [2.24, 2.45) is 5.10 Å². The Hall–Kier alpha value is -2.05. The first kappa shape index (κ1) is 16.0. The Bertz CT molecular complexity index is 585. The van der Waals surface area contributed by atoms with Gasteiger partial charge in [-0.15, -0.1) is 0 Å². The van der Waals surface area contributed by atoms with Gasteiger partial charge < -0.3 is 9.84 Å². The number of amides is 1. The number of carboxylic acid groups (broad SMARTS) is 1. The maximum Gasteiger partial charge on any atom is 0.348 e. The van der Waals surface area contributed by atoms with Crippen LogP contribution in [0, 0.1) is 0 Å². The summed E-state index contributed by atoms with van der Waals surface area (Å²) in [5, 5.41) is 11.2. The van der Waals surface area contributed by atoms with Crippen molar-refractivity contribution in [1.82, 2.24) is 5.43 Å². The molecule has 0 aromatic heterocycles. The van der Waals surface area contributed by atoms with Crippen LogP contribution in [0.25, 0.3) is 0 Å². The van der Waals surface area contributed by atoms with Crippen molar-refractivity contribution < 1.29 is 19.4 Å². The lowest BCUT2D eigenvalue weighted by atomic mass is 10.2. The molecule has 0 aliphatic carbocycles. The number of carbonyl (C=O) groups is 2. The average molecular weight is 317 g/mol. The Kier molecular flexibility index (Phi) is 6.02. The highest BCUT2D eigenvalue weighted by Gasteiger charge is 2.08. The van der Waals surface area contributed by atoms with Gasteiger partial charge in [-0.05, 0) is 18.2 Å². The van der Waals surface area contributed by atoms with Crippen LogP contribution in [0.15, 0.2) is 39.4 Å². The molecule has 1 rings (SSSR count). The fourth-order valence-corrected chi connectivity index (χ4v) is 1.31. The number of carbonyl (C=O) groups excluding carboxylic acids is 1. The summed E-state index contributed by atoms with van der Waals surface area (Å²) in [5.41, 5.74) is 2.50. The van der Waals surface area contributed by atoms with Crippen LogP contribution >= 0.6 is 23.2 Å². The minimum absolute atomic E-state index is 0.301. The Morgan fingerprint density at radius 3 is 2.70 bits per heavy atom. The molecule has 0 fully saturated rings. The number of benzene rings is 1. The SMILES string of the molecule is COc1cccc(C(=O)N/N=C\C(Cl)=C(/Cl)C(=O)O)c1. The van der Waals surface area contributed by atoms with E-state index in [4.69, 9.17) is 33.0 Å². The van der Waals surface area contributed by atoms with E-state index in [9.17, 15) is 9.59 Å². The summed E-state index contributed by atoms with van der Waals surface area (Å²) in [7, 11) is 1.48.